The first-order valence-electron chi connectivity index (χ1n) is 8.48. The van der Waals surface area contributed by atoms with E-state index in [0.29, 0.717) is 0 Å². The van der Waals surface area contributed by atoms with Crippen molar-refractivity contribution in [2.45, 2.75) is 70.9 Å². The van der Waals surface area contributed by atoms with Gasteiger partial charge in [-0.3, -0.25) is 14.4 Å². The van der Waals surface area contributed by atoms with Gasteiger partial charge in [0.15, 0.2) is 0 Å². The van der Waals surface area contributed by atoms with Gasteiger partial charge in [-0.25, -0.2) is 9.86 Å². The van der Waals surface area contributed by atoms with Crippen molar-refractivity contribution in [3.8, 4) is 0 Å². The summed E-state index contributed by atoms with van der Waals surface area (Å²) in [6, 6.07) is -0.987. The highest BCUT2D eigenvalue weighted by molar-refractivity contribution is 5.91. The van der Waals surface area contributed by atoms with Crippen molar-refractivity contribution in [1.82, 2.24) is 10.4 Å². The topological polar surface area (TPSA) is 84.9 Å². The molecular weight excluding hydrogens is 312 g/mol. The van der Waals surface area contributed by atoms with Crippen molar-refractivity contribution in [3.05, 3.63) is 0 Å². The van der Waals surface area contributed by atoms with Crippen molar-refractivity contribution in [1.29, 1.82) is 0 Å². The molecule has 0 unspecified atom stereocenters. The first kappa shape index (κ1) is 20.4. The lowest BCUT2D eigenvalue weighted by Gasteiger charge is -2.27. The standard InChI is InChI=1S/C17H30N2O5/c1-17(2,3)24-16(22)18-13(15(21)19(4)23-5)11-14(20)12-9-7-6-8-10-12/h12-13H,6-11H2,1-5H3,(H,18,22)/t13-/m0/s1. The molecule has 1 N–H and O–H groups in total. The van der Waals surface area contributed by atoms with Crippen LogP contribution in [-0.4, -0.2) is 48.6 Å². The van der Waals surface area contributed by atoms with Crippen LogP contribution in [-0.2, 0) is 19.2 Å². The number of hydrogen-bond donors (Lipinski definition) is 1. The average Bonchev–Trinajstić information content (AvgIpc) is 2.51. The molecule has 1 fully saturated rings. The molecule has 0 aromatic carbocycles. The number of hydrogen-bond acceptors (Lipinski definition) is 5. The highest BCUT2D eigenvalue weighted by Gasteiger charge is 2.31. The predicted octanol–water partition coefficient (Wildman–Crippen LogP) is 2.44. The Morgan fingerprint density at radius 3 is 2.25 bits per heavy atom. The Hall–Kier alpha value is -1.63. The van der Waals surface area contributed by atoms with Crippen LogP contribution in [0.5, 0.6) is 0 Å². The van der Waals surface area contributed by atoms with Crippen molar-refractivity contribution >= 4 is 17.8 Å². The quantitative estimate of drug-likeness (QED) is 0.749. The van der Waals surface area contributed by atoms with Crippen LogP contribution < -0.4 is 5.32 Å². The van der Waals surface area contributed by atoms with E-state index in [-0.39, 0.29) is 18.1 Å². The molecule has 0 spiro atoms. The number of rotatable bonds is 6. The van der Waals surface area contributed by atoms with Crippen LogP contribution >= 0.6 is 0 Å². The molecule has 1 atom stereocenters. The van der Waals surface area contributed by atoms with Crippen LogP contribution in [0.15, 0.2) is 0 Å². The highest BCUT2D eigenvalue weighted by atomic mass is 16.7. The van der Waals surface area contributed by atoms with Gasteiger partial charge >= 0.3 is 6.09 Å². The summed E-state index contributed by atoms with van der Waals surface area (Å²) in [5, 5.41) is 3.52. The molecule has 1 saturated carbocycles. The molecule has 1 rings (SSSR count). The summed E-state index contributed by atoms with van der Waals surface area (Å²) < 4.78 is 5.19. The maximum Gasteiger partial charge on any atom is 0.408 e. The molecule has 0 bridgehead atoms. The third kappa shape index (κ3) is 6.86. The lowest BCUT2D eigenvalue weighted by Crippen LogP contribution is -2.49. The van der Waals surface area contributed by atoms with E-state index in [1.807, 2.05) is 0 Å². The fourth-order valence-corrected chi connectivity index (χ4v) is 2.75. The molecule has 2 amide bonds. The number of likely N-dealkylation sites (N-methyl/N-ethyl adjacent to an activating group) is 1. The minimum Gasteiger partial charge on any atom is -0.444 e. The van der Waals surface area contributed by atoms with E-state index in [4.69, 9.17) is 9.57 Å². The second kappa shape index (κ2) is 9.01. The predicted molar refractivity (Wildman–Crippen MR) is 89.1 cm³/mol. The molecule has 0 saturated heterocycles. The normalized spacial score (nSPS) is 17.0. The van der Waals surface area contributed by atoms with E-state index >= 15 is 0 Å². The van der Waals surface area contributed by atoms with Gasteiger partial charge < -0.3 is 10.1 Å². The second-order valence-electron chi connectivity index (χ2n) is 7.22. The molecule has 138 valence electrons. The van der Waals surface area contributed by atoms with Gasteiger partial charge in [-0.15, -0.1) is 0 Å². The molecule has 7 nitrogen and oxygen atoms in total. The van der Waals surface area contributed by atoms with Crippen molar-refractivity contribution in [3.63, 3.8) is 0 Å². The third-order valence-corrected chi connectivity index (χ3v) is 4.04. The summed E-state index contributed by atoms with van der Waals surface area (Å²) in [4.78, 5) is 41.7. The number of hydroxylamine groups is 2. The van der Waals surface area contributed by atoms with Gasteiger partial charge in [-0.2, -0.15) is 0 Å². The Kier molecular flexibility index (Phi) is 7.66. The van der Waals surface area contributed by atoms with Gasteiger partial charge in [0.2, 0.25) is 0 Å². The third-order valence-electron chi connectivity index (χ3n) is 4.04. The number of carbonyl (C=O) groups excluding carboxylic acids is 3. The number of nitrogens with one attached hydrogen (secondary N) is 1. The Labute approximate surface area is 144 Å². The molecule has 0 aliphatic heterocycles. The number of carbonyl (C=O) groups is 3. The Morgan fingerprint density at radius 1 is 1.17 bits per heavy atom. The fraction of sp³-hybridized carbons (Fsp3) is 0.824. The summed E-state index contributed by atoms with van der Waals surface area (Å²) >= 11 is 0. The SMILES string of the molecule is CON(C)C(=O)[C@H](CC(=O)C1CCCCC1)NC(=O)OC(C)(C)C. The van der Waals surface area contributed by atoms with Crippen molar-refractivity contribution in [2.75, 3.05) is 14.2 Å². The molecule has 1 aliphatic carbocycles. The molecule has 0 aromatic heterocycles. The zero-order valence-corrected chi connectivity index (χ0v) is 15.4. The molecular formula is C17H30N2O5. The van der Waals surface area contributed by atoms with Crippen LogP contribution in [0.2, 0.25) is 0 Å². The van der Waals surface area contributed by atoms with Gasteiger partial charge in [-0.1, -0.05) is 19.3 Å². The zero-order chi connectivity index (χ0) is 18.3. The van der Waals surface area contributed by atoms with Crippen LogP contribution in [0, 0.1) is 5.92 Å². The summed E-state index contributed by atoms with van der Waals surface area (Å²) in [5.74, 6) is -0.497. The van der Waals surface area contributed by atoms with Crippen molar-refractivity contribution in [2.24, 2.45) is 5.92 Å². The summed E-state index contributed by atoms with van der Waals surface area (Å²) in [6.07, 6.45) is 4.16. The minimum absolute atomic E-state index is 0.00797. The van der Waals surface area contributed by atoms with E-state index in [1.165, 1.54) is 14.2 Å². The van der Waals surface area contributed by atoms with E-state index in [2.05, 4.69) is 5.32 Å². The van der Waals surface area contributed by atoms with Gasteiger partial charge in [0.25, 0.3) is 5.91 Å². The Balaban J connectivity index is 2.75. The van der Waals surface area contributed by atoms with Gasteiger partial charge in [0.1, 0.15) is 17.4 Å². The van der Waals surface area contributed by atoms with Gasteiger partial charge in [0.05, 0.1) is 7.11 Å². The van der Waals surface area contributed by atoms with Crippen LogP contribution in [0.4, 0.5) is 4.79 Å². The van der Waals surface area contributed by atoms with Crippen LogP contribution in [0.3, 0.4) is 0 Å². The second-order valence-corrected chi connectivity index (χ2v) is 7.22. The van der Waals surface area contributed by atoms with E-state index in [9.17, 15) is 14.4 Å². The Bertz CT molecular complexity index is 452. The number of Topliss-reactive ketones (excluding diaryl/α,β-unsaturated/α-hetero) is 1. The number of amides is 2. The monoisotopic (exact) mass is 342 g/mol. The van der Waals surface area contributed by atoms with Gasteiger partial charge in [-0.05, 0) is 33.6 Å². The number of ether oxygens (including phenoxy) is 1. The van der Waals surface area contributed by atoms with Crippen LogP contribution in [0.25, 0.3) is 0 Å². The fourth-order valence-electron chi connectivity index (χ4n) is 2.75. The van der Waals surface area contributed by atoms with E-state index in [1.54, 1.807) is 20.8 Å². The number of ketones is 1. The lowest BCUT2D eigenvalue weighted by atomic mass is 9.84. The molecule has 24 heavy (non-hydrogen) atoms. The summed E-state index contributed by atoms with van der Waals surface area (Å²) in [7, 11) is 2.79. The molecule has 0 aromatic rings. The molecule has 1 aliphatic rings. The van der Waals surface area contributed by atoms with E-state index in [0.717, 1.165) is 37.2 Å². The van der Waals surface area contributed by atoms with Crippen molar-refractivity contribution < 1.29 is 24.0 Å². The first-order chi connectivity index (χ1) is 11.1. The molecule has 0 radical (unpaired) electrons. The van der Waals surface area contributed by atoms with Gasteiger partial charge in [0, 0.05) is 19.4 Å². The molecule has 7 heteroatoms. The maximum absolute atomic E-state index is 12.5. The smallest absolute Gasteiger partial charge is 0.408 e. The van der Waals surface area contributed by atoms with Crippen LogP contribution in [0.1, 0.15) is 59.3 Å². The lowest BCUT2D eigenvalue weighted by molar-refractivity contribution is -0.171. The first-order valence-corrected chi connectivity index (χ1v) is 8.48. The average molecular weight is 342 g/mol. The number of alkyl carbamates (subject to hydrolysis) is 1. The largest absolute Gasteiger partial charge is 0.444 e. The number of nitrogens with zero attached hydrogens (tertiary/aromatic N) is 1. The highest BCUT2D eigenvalue weighted by Crippen LogP contribution is 2.25. The zero-order valence-electron chi connectivity index (χ0n) is 15.4. The summed E-state index contributed by atoms with van der Waals surface area (Å²) in [5.41, 5.74) is -0.682. The van der Waals surface area contributed by atoms with E-state index < -0.39 is 23.6 Å². The minimum atomic E-state index is -0.987. The maximum atomic E-state index is 12.5. The summed E-state index contributed by atoms with van der Waals surface area (Å²) in [6.45, 7) is 5.20. The molecule has 0 heterocycles. The Morgan fingerprint density at radius 2 is 1.75 bits per heavy atom.